The largest absolute Gasteiger partial charge is 0.359 e. The zero-order chi connectivity index (χ0) is 35.9. The first-order chi connectivity index (χ1) is 26.8. The Morgan fingerprint density at radius 1 is 0.500 bits per heavy atom. The van der Waals surface area contributed by atoms with Gasteiger partial charge in [0.1, 0.15) is 6.17 Å². The van der Waals surface area contributed by atoms with Crippen molar-refractivity contribution in [1.29, 1.82) is 0 Å². The van der Waals surface area contributed by atoms with E-state index in [1.807, 2.05) is 0 Å². The average Bonchev–Trinajstić information content (AvgIpc) is 3.65. The average molecular weight is 709 g/mol. The third-order valence-electron chi connectivity index (χ3n) is 11.6. The van der Waals surface area contributed by atoms with Crippen LogP contribution < -0.4 is 25.8 Å². The van der Waals surface area contributed by atoms with Crippen molar-refractivity contribution >= 4 is 62.2 Å². The molecule has 0 saturated heterocycles. The van der Waals surface area contributed by atoms with Gasteiger partial charge in [0.2, 0.25) is 0 Å². The van der Waals surface area contributed by atoms with E-state index >= 15 is 0 Å². The normalized spacial score (nSPS) is 16.4. The lowest BCUT2D eigenvalue weighted by Crippen LogP contribution is -2.70. The summed E-state index contributed by atoms with van der Waals surface area (Å²) in [6, 6.07) is 69.9. The molecule has 1 heterocycles. The number of benzene rings is 8. The molecule has 2 atom stereocenters. The third-order valence-corrected chi connectivity index (χ3v) is 16.9. The molecular weight excluding hydrogens is 669 g/mol. The SMILES string of the molecule is C1=CCC([Si](c2ccccc2)(c2ccccc2)c2c3ccccc3c(-c3ccc(N4c5ccccc5NC4c4ccccc4)cc3)c3ccccc23)C=C1. The lowest BCUT2D eigenvalue weighted by Gasteiger charge is -2.41. The van der Waals surface area contributed by atoms with Crippen molar-refractivity contribution in [3.05, 3.63) is 218 Å². The number of rotatable bonds is 7. The minimum absolute atomic E-state index is 0.00753. The van der Waals surface area contributed by atoms with Gasteiger partial charge in [-0.05, 0) is 90.0 Å². The maximum absolute atomic E-state index is 3.79. The van der Waals surface area contributed by atoms with E-state index in [1.54, 1.807) is 0 Å². The van der Waals surface area contributed by atoms with Crippen molar-refractivity contribution in [2.24, 2.45) is 0 Å². The van der Waals surface area contributed by atoms with Gasteiger partial charge >= 0.3 is 0 Å². The van der Waals surface area contributed by atoms with Crippen molar-refractivity contribution in [2.75, 3.05) is 10.2 Å². The Bertz CT molecular complexity index is 2570. The van der Waals surface area contributed by atoms with Gasteiger partial charge in [-0.15, -0.1) is 0 Å². The molecule has 2 nitrogen and oxygen atoms in total. The third kappa shape index (κ3) is 5.15. The minimum atomic E-state index is -2.73. The van der Waals surface area contributed by atoms with Gasteiger partial charge in [0.05, 0.1) is 11.4 Å². The molecule has 1 N–H and O–H groups in total. The predicted octanol–water partition coefficient (Wildman–Crippen LogP) is 11.3. The molecule has 2 aliphatic rings. The molecule has 0 amide bonds. The molecule has 0 fully saturated rings. The van der Waals surface area contributed by atoms with Crippen LogP contribution >= 0.6 is 0 Å². The number of anilines is 3. The van der Waals surface area contributed by atoms with Crippen molar-refractivity contribution in [2.45, 2.75) is 18.1 Å². The Kier molecular flexibility index (Phi) is 8.08. The summed E-state index contributed by atoms with van der Waals surface area (Å²) in [5.74, 6) is 0. The summed E-state index contributed by atoms with van der Waals surface area (Å²) in [5, 5.41) is 13.5. The molecule has 0 spiro atoms. The molecule has 1 aliphatic carbocycles. The molecule has 8 aromatic rings. The molecule has 3 heteroatoms. The van der Waals surface area contributed by atoms with Crippen LogP contribution in [0.3, 0.4) is 0 Å². The van der Waals surface area contributed by atoms with Crippen molar-refractivity contribution in [1.82, 2.24) is 0 Å². The monoisotopic (exact) mass is 708 g/mol. The van der Waals surface area contributed by atoms with Gasteiger partial charge in [0, 0.05) is 5.69 Å². The van der Waals surface area contributed by atoms with Gasteiger partial charge in [-0.1, -0.05) is 188 Å². The molecule has 1 aliphatic heterocycles. The van der Waals surface area contributed by atoms with E-state index in [4.69, 9.17) is 0 Å². The van der Waals surface area contributed by atoms with Gasteiger partial charge in [0.25, 0.3) is 0 Å². The maximum Gasteiger partial charge on any atom is 0.156 e. The first-order valence-electron chi connectivity index (χ1n) is 19.0. The summed E-state index contributed by atoms with van der Waals surface area (Å²) in [4.78, 5) is 2.43. The summed E-state index contributed by atoms with van der Waals surface area (Å²) in [6.07, 6.45) is 10.4. The van der Waals surface area contributed by atoms with Gasteiger partial charge in [-0.25, -0.2) is 0 Å². The molecule has 0 radical (unpaired) electrons. The molecule has 0 saturated carbocycles. The van der Waals surface area contributed by atoms with Crippen LogP contribution in [0.5, 0.6) is 0 Å². The Hall–Kier alpha value is -6.42. The van der Waals surface area contributed by atoms with E-state index in [-0.39, 0.29) is 6.17 Å². The zero-order valence-electron chi connectivity index (χ0n) is 30.0. The van der Waals surface area contributed by atoms with Gasteiger partial charge in [0.15, 0.2) is 8.07 Å². The number of para-hydroxylation sites is 2. The topological polar surface area (TPSA) is 15.3 Å². The van der Waals surface area contributed by atoms with Crippen LogP contribution in [0.4, 0.5) is 17.1 Å². The highest BCUT2D eigenvalue weighted by molar-refractivity contribution is 7.14. The smallest absolute Gasteiger partial charge is 0.156 e. The van der Waals surface area contributed by atoms with Crippen LogP contribution in [0.15, 0.2) is 212 Å². The van der Waals surface area contributed by atoms with E-state index in [0.29, 0.717) is 5.54 Å². The van der Waals surface area contributed by atoms with E-state index in [2.05, 4.69) is 223 Å². The Morgan fingerprint density at radius 2 is 1.04 bits per heavy atom. The standard InChI is InChI=1S/C51H40N2Si/c1-5-19-38(20-6-1)51-52-47-31-17-18-32-48(47)53(51)39-35-33-37(34-36-39)49-43-27-13-15-29-45(43)50(46-30-16-14-28-44(46)49)54(40-21-7-2-8-22-40,41-23-9-3-10-24-41)42-25-11-4-12-26-42/h1-25,27-36,42,51-52H,26H2. The van der Waals surface area contributed by atoms with Gasteiger partial charge < -0.3 is 10.2 Å². The number of hydrogen-bond acceptors (Lipinski definition) is 2. The highest BCUT2D eigenvalue weighted by Crippen LogP contribution is 2.47. The molecule has 0 bridgehead atoms. The lowest BCUT2D eigenvalue weighted by molar-refractivity contribution is 0.828. The van der Waals surface area contributed by atoms with Crippen molar-refractivity contribution in [3.63, 3.8) is 0 Å². The molecule has 0 aromatic heterocycles. The number of allylic oxidation sites excluding steroid dienone is 4. The van der Waals surface area contributed by atoms with Crippen LogP contribution in [0.2, 0.25) is 5.54 Å². The highest BCUT2D eigenvalue weighted by atomic mass is 28.3. The van der Waals surface area contributed by atoms with Crippen LogP contribution in [0, 0.1) is 0 Å². The summed E-state index contributed by atoms with van der Waals surface area (Å²) in [5.41, 5.74) is 7.59. The molecule has 8 aromatic carbocycles. The molecule has 2 unspecified atom stereocenters. The fourth-order valence-corrected chi connectivity index (χ4v) is 15.1. The molecule has 54 heavy (non-hydrogen) atoms. The number of nitrogens with one attached hydrogen (secondary N) is 1. The minimum Gasteiger partial charge on any atom is -0.359 e. The molecular formula is C51H40N2Si. The van der Waals surface area contributed by atoms with E-state index < -0.39 is 8.07 Å². The summed E-state index contributed by atoms with van der Waals surface area (Å²) in [7, 11) is -2.73. The second-order valence-electron chi connectivity index (χ2n) is 14.4. The van der Waals surface area contributed by atoms with Crippen LogP contribution in [0.25, 0.3) is 32.7 Å². The second-order valence-corrected chi connectivity index (χ2v) is 18.4. The zero-order valence-corrected chi connectivity index (χ0v) is 31.0. The number of fused-ring (bicyclic) bond motifs is 3. The lowest BCUT2D eigenvalue weighted by atomic mass is 9.91. The fraction of sp³-hybridized carbons (Fsp3) is 0.0588. The summed E-state index contributed by atoms with van der Waals surface area (Å²) in [6.45, 7) is 0. The predicted molar refractivity (Wildman–Crippen MR) is 232 cm³/mol. The molecule has 258 valence electrons. The second kappa shape index (κ2) is 13.5. The van der Waals surface area contributed by atoms with Crippen molar-refractivity contribution in [3.8, 4) is 11.1 Å². The van der Waals surface area contributed by atoms with E-state index in [1.165, 1.54) is 59.5 Å². The first kappa shape index (κ1) is 32.2. The Balaban J connectivity index is 1.21. The maximum atomic E-state index is 3.79. The van der Waals surface area contributed by atoms with E-state index in [9.17, 15) is 0 Å². The molecule has 10 rings (SSSR count). The van der Waals surface area contributed by atoms with Gasteiger partial charge in [-0.2, -0.15) is 0 Å². The van der Waals surface area contributed by atoms with Crippen LogP contribution in [-0.4, -0.2) is 8.07 Å². The van der Waals surface area contributed by atoms with E-state index in [0.717, 1.165) is 17.8 Å². The number of nitrogens with zero attached hydrogens (tertiary/aromatic N) is 1. The number of hydrogen-bond donors (Lipinski definition) is 1. The van der Waals surface area contributed by atoms with Crippen LogP contribution in [0.1, 0.15) is 18.2 Å². The quantitative estimate of drug-likeness (QED) is 0.101. The first-order valence-corrected chi connectivity index (χ1v) is 21.1. The Labute approximate surface area is 318 Å². The van der Waals surface area contributed by atoms with Crippen molar-refractivity contribution < 1.29 is 0 Å². The summed E-state index contributed by atoms with van der Waals surface area (Å²) < 4.78 is 0. The Morgan fingerprint density at radius 3 is 1.63 bits per heavy atom. The summed E-state index contributed by atoms with van der Waals surface area (Å²) >= 11 is 0. The highest BCUT2D eigenvalue weighted by Gasteiger charge is 2.47. The van der Waals surface area contributed by atoms with Crippen LogP contribution in [-0.2, 0) is 0 Å². The fourth-order valence-electron chi connectivity index (χ4n) is 9.34. The van der Waals surface area contributed by atoms with Gasteiger partial charge in [-0.3, -0.25) is 0 Å².